The fourth-order valence-electron chi connectivity index (χ4n) is 2.95. The summed E-state index contributed by atoms with van der Waals surface area (Å²) in [5.41, 5.74) is 2.92. The van der Waals surface area contributed by atoms with E-state index >= 15 is 0 Å². The maximum Gasteiger partial charge on any atom is 0.411 e. The molecule has 3 rings (SSSR count). The number of hydrogen-bond donors (Lipinski definition) is 1. The van der Waals surface area contributed by atoms with Gasteiger partial charge in [-0.1, -0.05) is 30.3 Å². The molecule has 0 bridgehead atoms. The Hall–Kier alpha value is -2.54. The molecule has 1 fully saturated rings. The van der Waals surface area contributed by atoms with Crippen molar-refractivity contribution in [3.8, 4) is 0 Å². The van der Waals surface area contributed by atoms with E-state index in [1.54, 1.807) is 18.2 Å². The number of benzene rings is 2. The Morgan fingerprint density at radius 1 is 1.15 bits per heavy atom. The van der Waals surface area contributed by atoms with E-state index in [1.807, 2.05) is 37.3 Å². The molecule has 0 spiro atoms. The molecule has 0 unspecified atom stereocenters. The maximum atomic E-state index is 12.3. The van der Waals surface area contributed by atoms with E-state index in [0.29, 0.717) is 24.3 Å². The predicted molar refractivity (Wildman–Crippen MR) is 102 cm³/mol. The van der Waals surface area contributed by atoms with Gasteiger partial charge < -0.3 is 4.74 Å². The molecule has 2 aromatic rings. The minimum atomic E-state index is -3.25. The molecule has 0 aliphatic carbocycles. The predicted octanol–water partition coefficient (Wildman–Crippen LogP) is 3.67. The highest BCUT2D eigenvalue weighted by atomic mass is 32.2. The van der Waals surface area contributed by atoms with Crippen LogP contribution in [0.2, 0.25) is 0 Å². The third-order valence-corrected chi connectivity index (χ3v) is 6.13. The number of nitrogens with zero attached hydrogens (tertiary/aromatic N) is 1. The zero-order valence-corrected chi connectivity index (χ0v) is 15.5. The smallest absolute Gasteiger partial charge is 0.411 e. The molecular formula is C19H22N2O4S. The van der Waals surface area contributed by atoms with E-state index in [9.17, 15) is 13.2 Å². The van der Waals surface area contributed by atoms with E-state index in [2.05, 4.69) is 5.32 Å². The van der Waals surface area contributed by atoms with Gasteiger partial charge in [0.25, 0.3) is 0 Å². The van der Waals surface area contributed by atoms with Crippen molar-refractivity contribution in [2.45, 2.75) is 26.4 Å². The number of ether oxygens (including phenoxy) is 1. The summed E-state index contributed by atoms with van der Waals surface area (Å²) >= 11 is 0. The van der Waals surface area contributed by atoms with Crippen molar-refractivity contribution in [2.75, 3.05) is 21.9 Å². The Bertz CT molecular complexity index is 882. The molecule has 0 saturated carbocycles. The second-order valence-corrected chi connectivity index (χ2v) is 8.30. The third-order valence-electron chi connectivity index (χ3n) is 4.27. The van der Waals surface area contributed by atoms with E-state index < -0.39 is 16.1 Å². The topological polar surface area (TPSA) is 75.7 Å². The highest BCUT2D eigenvalue weighted by molar-refractivity contribution is 7.92. The fourth-order valence-corrected chi connectivity index (χ4v) is 4.65. The van der Waals surface area contributed by atoms with Crippen LogP contribution in [0.5, 0.6) is 0 Å². The molecule has 138 valence electrons. The molecule has 1 N–H and O–H groups in total. The van der Waals surface area contributed by atoms with Gasteiger partial charge in [0.1, 0.15) is 6.61 Å². The molecule has 26 heavy (non-hydrogen) atoms. The second kappa shape index (κ2) is 7.78. The lowest BCUT2D eigenvalue weighted by atomic mass is 10.1. The number of nitrogens with one attached hydrogen (secondary N) is 1. The van der Waals surface area contributed by atoms with Crippen molar-refractivity contribution in [3.05, 3.63) is 59.7 Å². The number of hydrogen-bond acceptors (Lipinski definition) is 4. The van der Waals surface area contributed by atoms with Gasteiger partial charge in [-0.15, -0.1) is 0 Å². The summed E-state index contributed by atoms with van der Waals surface area (Å²) in [6.45, 7) is 2.52. The first-order valence-corrected chi connectivity index (χ1v) is 10.2. The van der Waals surface area contributed by atoms with Gasteiger partial charge in [0.2, 0.25) is 10.0 Å². The van der Waals surface area contributed by atoms with Crippen LogP contribution in [0, 0.1) is 6.92 Å². The molecule has 7 heteroatoms. The van der Waals surface area contributed by atoms with E-state index in [0.717, 1.165) is 17.5 Å². The SMILES string of the molecule is Cc1cc(NC(=O)OCc2ccccc2)ccc1N1CCCCS1(=O)=O. The first kappa shape index (κ1) is 18.3. The second-order valence-electron chi connectivity index (χ2n) is 6.28. The van der Waals surface area contributed by atoms with Gasteiger partial charge in [0, 0.05) is 12.2 Å². The number of amides is 1. The first-order chi connectivity index (χ1) is 12.5. The molecule has 1 heterocycles. The van der Waals surface area contributed by atoms with Crippen LogP contribution in [0.1, 0.15) is 24.0 Å². The van der Waals surface area contributed by atoms with Gasteiger partial charge in [-0.25, -0.2) is 13.2 Å². The van der Waals surface area contributed by atoms with Crippen LogP contribution in [0.25, 0.3) is 0 Å². The average Bonchev–Trinajstić information content (AvgIpc) is 2.61. The Labute approximate surface area is 153 Å². The average molecular weight is 374 g/mol. The van der Waals surface area contributed by atoms with Crippen molar-refractivity contribution in [3.63, 3.8) is 0 Å². The molecule has 1 aliphatic rings. The largest absolute Gasteiger partial charge is 0.444 e. The summed E-state index contributed by atoms with van der Waals surface area (Å²) in [6, 6.07) is 14.6. The van der Waals surface area contributed by atoms with Crippen LogP contribution < -0.4 is 9.62 Å². The van der Waals surface area contributed by atoms with Crippen LogP contribution in [0.4, 0.5) is 16.2 Å². The molecule has 0 radical (unpaired) electrons. The molecule has 1 amide bonds. The highest BCUT2D eigenvalue weighted by Crippen LogP contribution is 2.28. The van der Waals surface area contributed by atoms with Gasteiger partial charge in [-0.2, -0.15) is 0 Å². The van der Waals surface area contributed by atoms with Crippen molar-refractivity contribution in [1.82, 2.24) is 0 Å². The Balaban J connectivity index is 1.65. The summed E-state index contributed by atoms with van der Waals surface area (Å²) in [5.74, 6) is 0.179. The maximum absolute atomic E-state index is 12.3. The van der Waals surface area contributed by atoms with Crippen LogP contribution in [0.15, 0.2) is 48.5 Å². The van der Waals surface area contributed by atoms with Crippen molar-refractivity contribution < 1.29 is 17.9 Å². The molecule has 6 nitrogen and oxygen atoms in total. The Kier molecular flexibility index (Phi) is 5.46. The van der Waals surface area contributed by atoms with Crippen LogP contribution in [0.3, 0.4) is 0 Å². The van der Waals surface area contributed by atoms with Crippen molar-refractivity contribution in [1.29, 1.82) is 0 Å². The lowest BCUT2D eigenvalue weighted by Crippen LogP contribution is -2.38. The summed E-state index contributed by atoms with van der Waals surface area (Å²) < 4.78 is 31.2. The molecule has 1 aliphatic heterocycles. The highest BCUT2D eigenvalue weighted by Gasteiger charge is 2.27. The molecular weight excluding hydrogens is 352 g/mol. The van der Waals surface area contributed by atoms with Gasteiger partial charge in [0.05, 0.1) is 11.4 Å². The van der Waals surface area contributed by atoms with Gasteiger partial charge >= 0.3 is 6.09 Å². The number of rotatable bonds is 4. The lowest BCUT2D eigenvalue weighted by Gasteiger charge is -2.29. The third kappa shape index (κ3) is 4.35. The quantitative estimate of drug-likeness (QED) is 0.886. The van der Waals surface area contributed by atoms with Crippen molar-refractivity contribution >= 4 is 27.5 Å². The van der Waals surface area contributed by atoms with Gasteiger partial charge in [-0.05, 0) is 49.1 Å². The first-order valence-electron chi connectivity index (χ1n) is 8.54. The van der Waals surface area contributed by atoms with Gasteiger partial charge in [0.15, 0.2) is 0 Å². The zero-order chi connectivity index (χ0) is 18.6. The lowest BCUT2D eigenvalue weighted by molar-refractivity contribution is 0.155. The van der Waals surface area contributed by atoms with Gasteiger partial charge in [-0.3, -0.25) is 9.62 Å². The van der Waals surface area contributed by atoms with Crippen LogP contribution in [-0.4, -0.2) is 26.8 Å². The van der Waals surface area contributed by atoms with E-state index in [1.165, 1.54) is 4.31 Å². The van der Waals surface area contributed by atoms with E-state index in [-0.39, 0.29) is 12.4 Å². The molecule has 0 aromatic heterocycles. The molecule has 0 atom stereocenters. The number of aryl methyl sites for hydroxylation is 1. The summed E-state index contributed by atoms with van der Waals surface area (Å²) in [6.07, 6.45) is 1.00. The Morgan fingerprint density at radius 2 is 1.92 bits per heavy atom. The normalized spacial score (nSPS) is 16.1. The minimum Gasteiger partial charge on any atom is -0.444 e. The molecule has 2 aromatic carbocycles. The number of carbonyl (C=O) groups is 1. The summed E-state index contributed by atoms with van der Waals surface area (Å²) in [5, 5.41) is 2.67. The Morgan fingerprint density at radius 3 is 2.62 bits per heavy atom. The fraction of sp³-hybridized carbons (Fsp3) is 0.316. The van der Waals surface area contributed by atoms with Crippen LogP contribution >= 0.6 is 0 Å². The zero-order valence-electron chi connectivity index (χ0n) is 14.6. The number of sulfonamides is 1. The van der Waals surface area contributed by atoms with Crippen LogP contribution in [-0.2, 0) is 21.4 Å². The monoisotopic (exact) mass is 374 g/mol. The number of anilines is 2. The summed E-state index contributed by atoms with van der Waals surface area (Å²) in [4.78, 5) is 11.9. The molecule has 1 saturated heterocycles. The summed E-state index contributed by atoms with van der Waals surface area (Å²) in [7, 11) is -3.25. The number of carbonyl (C=O) groups excluding carboxylic acids is 1. The van der Waals surface area contributed by atoms with Crippen molar-refractivity contribution in [2.24, 2.45) is 0 Å². The standard InChI is InChI=1S/C19H22N2O4S/c1-15-13-17(20-19(22)25-14-16-7-3-2-4-8-16)9-10-18(15)21-11-5-6-12-26(21,23)24/h2-4,7-10,13H,5-6,11-12,14H2,1H3,(H,20,22). The minimum absolute atomic E-state index is 0.179. The van der Waals surface area contributed by atoms with E-state index in [4.69, 9.17) is 4.74 Å².